The molecule has 4 aromatic rings. The van der Waals surface area contributed by atoms with Crippen LogP contribution in [0.3, 0.4) is 0 Å². The van der Waals surface area contributed by atoms with Crippen LogP contribution >= 0.6 is 23.1 Å². The first-order valence-electron chi connectivity index (χ1n) is 12.0. The van der Waals surface area contributed by atoms with Crippen LogP contribution in [0.5, 0.6) is 0 Å². The highest BCUT2D eigenvalue weighted by atomic mass is 32.2. The van der Waals surface area contributed by atoms with E-state index < -0.39 is 5.92 Å². The van der Waals surface area contributed by atoms with E-state index in [9.17, 15) is 14.9 Å². The third kappa shape index (κ3) is 5.49. The molecule has 8 heteroatoms. The average Bonchev–Trinajstić information content (AvgIpc) is 3.46. The summed E-state index contributed by atoms with van der Waals surface area (Å²) in [6, 6.07) is 29.1. The molecule has 0 bridgehead atoms. The second-order valence-corrected chi connectivity index (χ2v) is 10.7. The molecule has 1 aromatic heterocycles. The number of hydrogen-bond donors (Lipinski definition) is 3. The summed E-state index contributed by atoms with van der Waals surface area (Å²) in [5, 5.41) is 24.0. The fraction of sp³-hybridized carbons (Fsp3) is 0.100. The number of carbonyl (C=O) groups excluding carboxylic acids is 2. The molecule has 1 atom stereocenters. The normalized spacial score (nSPS) is 15.1. The molecule has 1 aliphatic rings. The summed E-state index contributed by atoms with van der Waals surface area (Å²) in [6.07, 6.45) is 0. The topological polar surface area (TPSA) is 94.0 Å². The van der Waals surface area contributed by atoms with Gasteiger partial charge in [0.1, 0.15) is 0 Å². The Morgan fingerprint density at radius 3 is 2.45 bits per heavy atom. The summed E-state index contributed by atoms with van der Waals surface area (Å²) in [5.74, 6) is -0.878. The summed E-state index contributed by atoms with van der Waals surface area (Å²) in [7, 11) is 0. The van der Waals surface area contributed by atoms with Crippen molar-refractivity contribution >= 4 is 57.1 Å². The van der Waals surface area contributed by atoms with Crippen LogP contribution in [-0.2, 0) is 9.59 Å². The van der Waals surface area contributed by atoms with E-state index in [1.54, 1.807) is 0 Å². The third-order valence-corrected chi connectivity index (χ3v) is 8.09. The zero-order valence-corrected chi connectivity index (χ0v) is 22.2. The van der Waals surface area contributed by atoms with Gasteiger partial charge < -0.3 is 16.0 Å². The quantitative estimate of drug-likeness (QED) is 0.247. The van der Waals surface area contributed by atoms with Gasteiger partial charge in [-0.2, -0.15) is 5.26 Å². The van der Waals surface area contributed by atoms with E-state index in [2.05, 4.69) is 22.0 Å². The number of thioether (sulfide) groups is 1. The number of carbonyl (C=O) groups is 2. The Balaban J connectivity index is 1.36. The van der Waals surface area contributed by atoms with Crippen LogP contribution in [0.15, 0.2) is 112 Å². The molecular weight excluding hydrogens is 512 g/mol. The zero-order valence-electron chi connectivity index (χ0n) is 20.5. The predicted octanol–water partition coefficient (Wildman–Crippen LogP) is 6.61. The lowest BCUT2D eigenvalue weighted by Gasteiger charge is -2.29. The number of nitrogens with zero attached hydrogens (tertiary/aromatic N) is 1. The van der Waals surface area contributed by atoms with E-state index in [1.807, 2.05) is 97.2 Å². The van der Waals surface area contributed by atoms with Gasteiger partial charge in [-0.15, -0.1) is 11.3 Å². The molecule has 188 valence electrons. The number of amides is 2. The molecule has 3 aromatic carbocycles. The Morgan fingerprint density at radius 2 is 1.71 bits per heavy atom. The Kier molecular flexibility index (Phi) is 7.59. The van der Waals surface area contributed by atoms with Crippen molar-refractivity contribution in [3.8, 4) is 6.07 Å². The standard InChI is InChI=1S/C30H24N4O2S2/c1-19-27(29(36)34-22-10-3-2-4-11-22)28(25-12-7-15-37-25)24(17-31)30(32-19)38-18-26(35)33-23-14-13-20-8-5-6-9-21(20)16-23/h2-16,28,32H,18H2,1H3,(H,33,35)(H,34,36)/t28-/m0/s1. The molecular formula is C30H24N4O2S2. The highest BCUT2D eigenvalue weighted by Gasteiger charge is 2.35. The molecule has 6 nitrogen and oxygen atoms in total. The predicted molar refractivity (Wildman–Crippen MR) is 156 cm³/mol. The number of rotatable bonds is 7. The maximum absolute atomic E-state index is 13.4. The van der Waals surface area contributed by atoms with Crippen molar-refractivity contribution < 1.29 is 9.59 Å². The van der Waals surface area contributed by atoms with Crippen molar-refractivity contribution in [2.24, 2.45) is 0 Å². The first kappa shape index (κ1) is 25.3. The van der Waals surface area contributed by atoms with E-state index >= 15 is 0 Å². The zero-order chi connectivity index (χ0) is 26.5. The molecule has 2 amide bonds. The van der Waals surface area contributed by atoms with Gasteiger partial charge in [-0.05, 0) is 53.4 Å². The minimum atomic E-state index is -0.531. The number of allylic oxidation sites excluding steroid dienone is 2. The maximum Gasteiger partial charge on any atom is 0.254 e. The molecule has 5 rings (SSSR count). The third-order valence-electron chi connectivity index (χ3n) is 6.13. The number of dihydropyridines is 1. The second-order valence-electron chi connectivity index (χ2n) is 8.69. The summed E-state index contributed by atoms with van der Waals surface area (Å²) in [4.78, 5) is 27.1. The van der Waals surface area contributed by atoms with E-state index in [0.29, 0.717) is 33.2 Å². The van der Waals surface area contributed by atoms with Crippen LogP contribution in [0.2, 0.25) is 0 Å². The van der Waals surface area contributed by atoms with Gasteiger partial charge in [0.15, 0.2) is 0 Å². The van der Waals surface area contributed by atoms with Crippen LogP contribution in [-0.4, -0.2) is 17.6 Å². The molecule has 1 aliphatic heterocycles. The number of hydrogen-bond acceptors (Lipinski definition) is 6. The van der Waals surface area contributed by atoms with Gasteiger partial charge in [0, 0.05) is 27.5 Å². The lowest BCUT2D eigenvalue weighted by Crippen LogP contribution is -2.30. The molecule has 0 unspecified atom stereocenters. The molecule has 0 saturated heterocycles. The van der Waals surface area contributed by atoms with Crippen molar-refractivity contribution in [3.63, 3.8) is 0 Å². The van der Waals surface area contributed by atoms with Gasteiger partial charge in [-0.25, -0.2) is 0 Å². The minimum Gasteiger partial charge on any atom is -0.353 e. The Hall–Kier alpha value is -4.32. The van der Waals surface area contributed by atoms with Gasteiger partial charge in [0.05, 0.1) is 28.3 Å². The Morgan fingerprint density at radius 1 is 0.947 bits per heavy atom. The van der Waals surface area contributed by atoms with Gasteiger partial charge in [-0.3, -0.25) is 9.59 Å². The molecule has 0 radical (unpaired) electrons. The van der Waals surface area contributed by atoms with Crippen LogP contribution < -0.4 is 16.0 Å². The number of thiophene rings is 1. The molecule has 0 spiro atoms. The number of fused-ring (bicyclic) bond motifs is 1. The number of para-hydroxylation sites is 1. The fourth-order valence-corrected chi connectivity index (χ4v) is 6.12. The molecule has 0 fully saturated rings. The van der Waals surface area contributed by atoms with Crippen molar-refractivity contribution in [1.82, 2.24) is 5.32 Å². The largest absolute Gasteiger partial charge is 0.353 e. The second kappa shape index (κ2) is 11.4. The lowest BCUT2D eigenvalue weighted by molar-refractivity contribution is -0.114. The van der Waals surface area contributed by atoms with Crippen LogP contribution in [0.25, 0.3) is 10.8 Å². The van der Waals surface area contributed by atoms with Crippen LogP contribution in [0.1, 0.15) is 17.7 Å². The maximum atomic E-state index is 13.4. The Labute approximate surface area is 229 Å². The fourth-order valence-electron chi connectivity index (χ4n) is 4.39. The van der Waals surface area contributed by atoms with E-state index in [1.165, 1.54) is 23.1 Å². The first-order valence-corrected chi connectivity index (χ1v) is 13.8. The highest BCUT2D eigenvalue weighted by molar-refractivity contribution is 8.03. The number of nitriles is 1. The lowest BCUT2D eigenvalue weighted by atomic mass is 9.86. The van der Waals surface area contributed by atoms with Gasteiger partial charge >= 0.3 is 0 Å². The summed E-state index contributed by atoms with van der Waals surface area (Å²) in [5.41, 5.74) is 2.94. The van der Waals surface area contributed by atoms with Crippen LogP contribution in [0, 0.1) is 11.3 Å². The summed E-state index contributed by atoms with van der Waals surface area (Å²) in [6.45, 7) is 1.82. The van der Waals surface area contributed by atoms with Gasteiger partial charge in [-0.1, -0.05) is 66.4 Å². The molecule has 0 saturated carbocycles. The first-order chi connectivity index (χ1) is 18.5. The van der Waals surface area contributed by atoms with Crippen molar-refractivity contribution in [1.29, 1.82) is 5.26 Å². The van der Waals surface area contributed by atoms with Crippen molar-refractivity contribution in [2.45, 2.75) is 12.8 Å². The van der Waals surface area contributed by atoms with E-state index in [4.69, 9.17) is 0 Å². The van der Waals surface area contributed by atoms with Crippen LogP contribution in [0.4, 0.5) is 11.4 Å². The highest BCUT2D eigenvalue weighted by Crippen LogP contribution is 2.42. The summed E-state index contributed by atoms with van der Waals surface area (Å²) >= 11 is 2.75. The average molecular weight is 537 g/mol. The molecule has 3 N–H and O–H groups in total. The van der Waals surface area contributed by atoms with Gasteiger partial charge in [0.25, 0.3) is 5.91 Å². The minimum absolute atomic E-state index is 0.107. The molecule has 0 aliphatic carbocycles. The number of anilines is 2. The number of nitrogens with one attached hydrogen (secondary N) is 3. The molecule has 38 heavy (non-hydrogen) atoms. The number of benzene rings is 3. The smallest absolute Gasteiger partial charge is 0.254 e. The SMILES string of the molecule is CC1=C(C(=O)Nc2ccccc2)[C@H](c2cccs2)C(C#N)=C(SCC(=O)Nc2ccc3ccccc3c2)N1. The van der Waals surface area contributed by atoms with E-state index in [-0.39, 0.29) is 17.6 Å². The molecule has 2 heterocycles. The van der Waals surface area contributed by atoms with Crippen molar-refractivity contribution in [2.75, 3.05) is 16.4 Å². The van der Waals surface area contributed by atoms with Crippen molar-refractivity contribution in [3.05, 3.63) is 117 Å². The Bertz CT molecular complexity index is 1600. The van der Waals surface area contributed by atoms with E-state index in [0.717, 1.165) is 15.6 Å². The summed E-state index contributed by atoms with van der Waals surface area (Å²) < 4.78 is 0. The van der Waals surface area contributed by atoms with Gasteiger partial charge in [0.2, 0.25) is 5.91 Å². The monoisotopic (exact) mass is 536 g/mol.